The van der Waals surface area contributed by atoms with Crippen LogP contribution < -0.4 is 0 Å². The van der Waals surface area contributed by atoms with Gasteiger partial charge in [0.1, 0.15) is 17.7 Å². The van der Waals surface area contributed by atoms with Crippen LogP contribution in [0.3, 0.4) is 0 Å². The van der Waals surface area contributed by atoms with E-state index < -0.39 is 6.10 Å². The number of halogens is 4. The van der Waals surface area contributed by atoms with Gasteiger partial charge in [-0.2, -0.15) is 0 Å². The van der Waals surface area contributed by atoms with Gasteiger partial charge in [-0.25, -0.2) is 4.39 Å². The molecule has 0 amide bonds. The van der Waals surface area contributed by atoms with E-state index in [0.29, 0.717) is 24.9 Å². The first kappa shape index (κ1) is 14.2. The summed E-state index contributed by atoms with van der Waals surface area (Å²) in [7, 11) is 0. The van der Waals surface area contributed by atoms with Gasteiger partial charge in [0.25, 0.3) is 0 Å². The summed E-state index contributed by atoms with van der Waals surface area (Å²) in [5.74, 6) is 0.0316. The van der Waals surface area contributed by atoms with Gasteiger partial charge in [0.2, 0.25) is 0 Å². The largest absolute Gasteiger partial charge is 0.450 e. The summed E-state index contributed by atoms with van der Waals surface area (Å²) < 4.78 is 20.8. The highest BCUT2D eigenvalue weighted by molar-refractivity contribution is 9.13. The Morgan fingerprint density at radius 3 is 2.50 bits per heavy atom. The van der Waals surface area contributed by atoms with Crippen LogP contribution in [0.25, 0.3) is 0 Å². The zero-order valence-electron chi connectivity index (χ0n) is 8.96. The van der Waals surface area contributed by atoms with E-state index in [0.717, 1.165) is 0 Å². The second kappa shape index (κ2) is 5.86. The highest BCUT2D eigenvalue weighted by atomic mass is 79.9. The van der Waals surface area contributed by atoms with Gasteiger partial charge in [0, 0.05) is 10.9 Å². The average Bonchev–Trinajstić information content (AvgIpc) is 2.63. The Balaban J connectivity index is 2.18. The van der Waals surface area contributed by atoms with E-state index in [4.69, 9.17) is 4.42 Å². The van der Waals surface area contributed by atoms with Gasteiger partial charge in [-0.3, -0.25) is 0 Å². The van der Waals surface area contributed by atoms with Crippen molar-refractivity contribution >= 4 is 47.8 Å². The first-order chi connectivity index (χ1) is 8.47. The van der Waals surface area contributed by atoms with Gasteiger partial charge in [0.15, 0.2) is 4.67 Å². The lowest BCUT2D eigenvalue weighted by atomic mass is 10.1. The van der Waals surface area contributed by atoms with Crippen LogP contribution in [0.2, 0.25) is 0 Å². The number of aliphatic hydroxyl groups is 1. The van der Waals surface area contributed by atoms with Crippen molar-refractivity contribution in [3.05, 3.63) is 55.0 Å². The molecular weight excluding hydrogens is 435 g/mol. The normalized spacial score (nSPS) is 12.7. The molecule has 0 aliphatic rings. The van der Waals surface area contributed by atoms with Crippen LogP contribution in [0.15, 0.2) is 42.3 Å². The second-order valence-corrected chi connectivity index (χ2v) is 6.22. The molecule has 2 aromatic rings. The van der Waals surface area contributed by atoms with Crippen LogP contribution in [0.1, 0.15) is 17.4 Å². The molecule has 2 nitrogen and oxygen atoms in total. The fraction of sp³-hybridized carbons (Fsp3) is 0.167. The predicted octanol–water partition coefficient (Wildman–Crippen LogP) is 4.98. The van der Waals surface area contributed by atoms with Crippen molar-refractivity contribution in [2.45, 2.75) is 12.5 Å². The Kier molecular flexibility index (Phi) is 4.64. The molecule has 1 atom stereocenters. The van der Waals surface area contributed by atoms with Crippen molar-refractivity contribution < 1.29 is 13.9 Å². The fourth-order valence-corrected chi connectivity index (χ4v) is 2.46. The predicted molar refractivity (Wildman–Crippen MR) is 76.9 cm³/mol. The van der Waals surface area contributed by atoms with Crippen molar-refractivity contribution in [3.8, 4) is 0 Å². The number of rotatable bonds is 3. The zero-order chi connectivity index (χ0) is 13.3. The number of hydrogen-bond acceptors (Lipinski definition) is 2. The van der Waals surface area contributed by atoms with E-state index in [2.05, 4.69) is 47.8 Å². The lowest BCUT2D eigenvalue weighted by molar-refractivity contribution is 0.147. The molecule has 0 saturated heterocycles. The Bertz CT molecular complexity index is 549. The quantitative estimate of drug-likeness (QED) is 0.727. The summed E-state index contributed by atoms with van der Waals surface area (Å²) in [5, 5.41) is 9.99. The lowest BCUT2D eigenvalue weighted by Gasteiger charge is -2.08. The molecule has 0 bridgehead atoms. The van der Waals surface area contributed by atoms with E-state index in [-0.39, 0.29) is 12.2 Å². The molecule has 18 heavy (non-hydrogen) atoms. The summed E-state index contributed by atoms with van der Waals surface area (Å²) in [6.45, 7) is 0. The van der Waals surface area contributed by atoms with Crippen LogP contribution in [-0.4, -0.2) is 5.11 Å². The third kappa shape index (κ3) is 3.23. The maximum absolute atomic E-state index is 13.6. The number of hydrogen-bond donors (Lipinski definition) is 1. The summed E-state index contributed by atoms with van der Waals surface area (Å²) in [6.07, 6.45) is -0.728. The Labute approximate surface area is 129 Å². The van der Waals surface area contributed by atoms with E-state index >= 15 is 0 Å². The monoisotopic (exact) mass is 440 g/mol. The third-order valence-electron chi connectivity index (χ3n) is 2.42. The highest BCUT2D eigenvalue weighted by Crippen LogP contribution is 2.31. The van der Waals surface area contributed by atoms with Gasteiger partial charge < -0.3 is 9.52 Å². The van der Waals surface area contributed by atoms with Gasteiger partial charge in [-0.1, -0.05) is 22.0 Å². The standard InChI is InChI=1S/C12H8Br3FO2/c13-7-2-1-6(9(16)4-7)3-10(17)11-5-8(14)12(15)18-11/h1-2,4-5,10,17H,3H2. The van der Waals surface area contributed by atoms with E-state index in [9.17, 15) is 9.50 Å². The van der Waals surface area contributed by atoms with Crippen molar-refractivity contribution in [2.75, 3.05) is 0 Å². The molecule has 1 aromatic carbocycles. The molecule has 0 saturated carbocycles. The molecule has 0 spiro atoms. The molecule has 96 valence electrons. The van der Waals surface area contributed by atoms with Crippen LogP contribution in [0, 0.1) is 5.82 Å². The Morgan fingerprint density at radius 2 is 1.94 bits per heavy atom. The van der Waals surface area contributed by atoms with Crippen molar-refractivity contribution in [1.82, 2.24) is 0 Å². The van der Waals surface area contributed by atoms with E-state index in [1.807, 2.05) is 0 Å². The summed E-state index contributed by atoms with van der Waals surface area (Å²) in [6, 6.07) is 6.40. The number of furan rings is 1. The lowest BCUT2D eigenvalue weighted by Crippen LogP contribution is -2.02. The second-order valence-electron chi connectivity index (χ2n) is 3.73. The average molecular weight is 443 g/mol. The molecule has 1 heterocycles. The molecular formula is C12H8Br3FO2. The maximum atomic E-state index is 13.6. The Morgan fingerprint density at radius 1 is 1.22 bits per heavy atom. The molecule has 0 fully saturated rings. The first-order valence-corrected chi connectivity index (χ1v) is 7.42. The van der Waals surface area contributed by atoms with Crippen LogP contribution in [0.4, 0.5) is 4.39 Å². The van der Waals surface area contributed by atoms with E-state index in [1.54, 1.807) is 18.2 Å². The zero-order valence-corrected chi connectivity index (χ0v) is 13.7. The minimum absolute atomic E-state index is 0.158. The molecule has 0 aliphatic heterocycles. The molecule has 6 heteroatoms. The molecule has 1 unspecified atom stereocenters. The first-order valence-electron chi connectivity index (χ1n) is 5.04. The minimum Gasteiger partial charge on any atom is -0.450 e. The van der Waals surface area contributed by atoms with Crippen LogP contribution in [-0.2, 0) is 6.42 Å². The smallest absolute Gasteiger partial charge is 0.183 e. The van der Waals surface area contributed by atoms with Gasteiger partial charge in [-0.15, -0.1) is 0 Å². The molecule has 1 aromatic heterocycles. The van der Waals surface area contributed by atoms with Gasteiger partial charge in [-0.05, 0) is 55.6 Å². The highest BCUT2D eigenvalue weighted by Gasteiger charge is 2.17. The third-order valence-corrected chi connectivity index (χ3v) is 4.62. The molecule has 0 aliphatic carbocycles. The SMILES string of the molecule is OC(Cc1ccc(Br)cc1F)c1cc(Br)c(Br)o1. The van der Waals surface area contributed by atoms with E-state index in [1.165, 1.54) is 6.07 Å². The van der Waals surface area contributed by atoms with Crippen LogP contribution >= 0.6 is 47.8 Å². The molecule has 0 radical (unpaired) electrons. The summed E-state index contributed by atoms with van der Waals surface area (Å²) in [5.41, 5.74) is 0.439. The molecule has 2 rings (SSSR count). The summed E-state index contributed by atoms with van der Waals surface area (Å²) in [4.78, 5) is 0. The molecule has 1 N–H and O–H groups in total. The number of benzene rings is 1. The van der Waals surface area contributed by atoms with Crippen molar-refractivity contribution in [2.24, 2.45) is 0 Å². The Hall–Kier alpha value is -0.170. The maximum Gasteiger partial charge on any atom is 0.183 e. The van der Waals surface area contributed by atoms with Crippen molar-refractivity contribution in [3.63, 3.8) is 0 Å². The van der Waals surface area contributed by atoms with Gasteiger partial charge >= 0.3 is 0 Å². The number of aliphatic hydroxyl groups excluding tert-OH is 1. The summed E-state index contributed by atoms with van der Waals surface area (Å²) >= 11 is 9.64. The van der Waals surface area contributed by atoms with Crippen molar-refractivity contribution in [1.29, 1.82) is 0 Å². The van der Waals surface area contributed by atoms with Crippen LogP contribution in [0.5, 0.6) is 0 Å². The van der Waals surface area contributed by atoms with Gasteiger partial charge in [0.05, 0.1) is 4.47 Å². The minimum atomic E-state index is -0.886. The fourth-order valence-electron chi connectivity index (χ4n) is 1.52. The topological polar surface area (TPSA) is 33.4 Å².